The number of carboxylic acids is 1. The van der Waals surface area contributed by atoms with E-state index in [9.17, 15) is 4.79 Å². The molecule has 1 unspecified atom stereocenters. The second-order valence-corrected chi connectivity index (χ2v) is 4.79. The topological polar surface area (TPSA) is 62.2 Å². The lowest BCUT2D eigenvalue weighted by Gasteiger charge is -2.16. The number of anilines is 1. The number of rotatable bonds is 5. The summed E-state index contributed by atoms with van der Waals surface area (Å²) in [4.78, 5) is 15.2. The molecule has 0 bridgehead atoms. The van der Waals surface area contributed by atoms with Gasteiger partial charge in [-0.25, -0.2) is 9.78 Å². The van der Waals surface area contributed by atoms with Crippen molar-refractivity contribution < 1.29 is 9.90 Å². The molecule has 0 radical (unpaired) electrons. The zero-order valence-electron chi connectivity index (χ0n) is 10.8. The van der Waals surface area contributed by atoms with Crippen LogP contribution in [0.4, 0.5) is 5.82 Å². The smallest absolute Gasteiger partial charge is 0.335 e. The second kappa shape index (κ2) is 5.66. The first-order valence-corrected chi connectivity index (χ1v) is 5.86. The molecule has 2 N–H and O–H groups in total. The molecule has 4 nitrogen and oxygen atoms in total. The number of hydrogen-bond acceptors (Lipinski definition) is 3. The van der Waals surface area contributed by atoms with Gasteiger partial charge in [-0.1, -0.05) is 20.8 Å². The summed E-state index contributed by atoms with van der Waals surface area (Å²) in [7, 11) is 0. The van der Waals surface area contributed by atoms with Gasteiger partial charge in [0, 0.05) is 12.2 Å². The normalized spacial score (nSPS) is 12.5. The molecule has 1 rings (SSSR count). The average molecular weight is 236 g/mol. The molecular formula is C13H20N2O2. The van der Waals surface area contributed by atoms with Crippen LogP contribution in [0.1, 0.15) is 36.8 Å². The second-order valence-electron chi connectivity index (χ2n) is 4.79. The van der Waals surface area contributed by atoms with Crippen LogP contribution < -0.4 is 5.32 Å². The first kappa shape index (κ1) is 13.5. The fourth-order valence-electron chi connectivity index (χ4n) is 1.38. The highest BCUT2D eigenvalue weighted by Gasteiger charge is 2.09. The molecule has 1 heterocycles. The Bertz CT molecular complexity index is 402. The maximum atomic E-state index is 10.9. The molecule has 0 saturated heterocycles. The van der Waals surface area contributed by atoms with Crippen molar-refractivity contribution >= 4 is 11.8 Å². The first-order valence-electron chi connectivity index (χ1n) is 5.86. The molecule has 0 aliphatic carbocycles. The fraction of sp³-hybridized carbons (Fsp3) is 0.538. The van der Waals surface area contributed by atoms with Crippen LogP contribution in [0, 0.1) is 18.8 Å². The van der Waals surface area contributed by atoms with E-state index >= 15 is 0 Å². The van der Waals surface area contributed by atoms with Gasteiger partial charge >= 0.3 is 5.97 Å². The predicted octanol–water partition coefficient (Wildman–Crippen LogP) is 2.79. The Morgan fingerprint density at radius 3 is 2.59 bits per heavy atom. The van der Waals surface area contributed by atoms with E-state index in [0.29, 0.717) is 23.3 Å². The van der Waals surface area contributed by atoms with Crippen LogP contribution in [-0.2, 0) is 0 Å². The lowest BCUT2D eigenvalue weighted by molar-refractivity contribution is 0.0696. The third-order valence-electron chi connectivity index (χ3n) is 2.94. The number of carboxylic acid groups (broad SMARTS) is 1. The van der Waals surface area contributed by atoms with Gasteiger partial charge in [0.2, 0.25) is 0 Å². The molecule has 0 aromatic carbocycles. The summed E-state index contributed by atoms with van der Waals surface area (Å²) >= 11 is 0. The van der Waals surface area contributed by atoms with Crippen molar-refractivity contribution in [2.75, 3.05) is 11.9 Å². The number of nitrogens with one attached hydrogen (secondary N) is 1. The Morgan fingerprint density at radius 1 is 1.41 bits per heavy atom. The maximum Gasteiger partial charge on any atom is 0.335 e. The van der Waals surface area contributed by atoms with E-state index in [4.69, 9.17) is 5.11 Å². The fourth-order valence-corrected chi connectivity index (χ4v) is 1.38. The van der Waals surface area contributed by atoms with E-state index < -0.39 is 5.97 Å². The molecular weight excluding hydrogens is 216 g/mol. The zero-order chi connectivity index (χ0) is 13.0. The molecule has 0 aliphatic rings. The molecule has 0 spiro atoms. The molecule has 94 valence electrons. The third kappa shape index (κ3) is 4.06. The standard InChI is InChI=1S/C13H20N2O2/c1-8(2)9(3)7-14-12-6-11(13(16)17)5-10(4)15-12/h5-6,8-9H,7H2,1-4H3,(H,14,15)(H,16,17). The van der Waals surface area contributed by atoms with Crippen LogP contribution in [0.25, 0.3) is 0 Å². The van der Waals surface area contributed by atoms with Gasteiger partial charge in [0.05, 0.1) is 5.56 Å². The van der Waals surface area contributed by atoms with Crippen molar-refractivity contribution in [2.45, 2.75) is 27.7 Å². The number of aryl methyl sites for hydroxylation is 1. The first-order chi connectivity index (χ1) is 7.90. The lowest BCUT2D eigenvalue weighted by atomic mass is 9.98. The minimum Gasteiger partial charge on any atom is -0.478 e. The van der Waals surface area contributed by atoms with Crippen LogP contribution in [0.5, 0.6) is 0 Å². The van der Waals surface area contributed by atoms with E-state index in [2.05, 4.69) is 31.1 Å². The number of pyridine rings is 1. The van der Waals surface area contributed by atoms with Gasteiger partial charge in [-0.05, 0) is 30.9 Å². The summed E-state index contributed by atoms with van der Waals surface area (Å²) in [5.41, 5.74) is 0.988. The Morgan fingerprint density at radius 2 is 2.06 bits per heavy atom. The van der Waals surface area contributed by atoms with Crippen LogP contribution in [0.3, 0.4) is 0 Å². The van der Waals surface area contributed by atoms with Gasteiger partial charge < -0.3 is 10.4 Å². The zero-order valence-corrected chi connectivity index (χ0v) is 10.8. The summed E-state index contributed by atoms with van der Waals surface area (Å²) in [5.74, 6) is 0.821. The SMILES string of the molecule is Cc1cc(C(=O)O)cc(NCC(C)C(C)C)n1. The monoisotopic (exact) mass is 236 g/mol. The minimum absolute atomic E-state index is 0.275. The van der Waals surface area contributed by atoms with Crippen molar-refractivity contribution in [3.8, 4) is 0 Å². The molecule has 0 fully saturated rings. The minimum atomic E-state index is -0.921. The van der Waals surface area contributed by atoms with E-state index in [1.165, 1.54) is 0 Å². The van der Waals surface area contributed by atoms with Crippen LogP contribution in [-0.4, -0.2) is 22.6 Å². The van der Waals surface area contributed by atoms with Gasteiger partial charge in [-0.15, -0.1) is 0 Å². The summed E-state index contributed by atoms with van der Waals surface area (Å²) in [6.07, 6.45) is 0. The van der Waals surface area contributed by atoms with Crippen molar-refractivity contribution in [2.24, 2.45) is 11.8 Å². The highest BCUT2D eigenvalue weighted by Crippen LogP contribution is 2.13. The van der Waals surface area contributed by atoms with Crippen molar-refractivity contribution in [1.29, 1.82) is 0 Å². The lowest BCUT2D eigenvalue weighted by Crippen LogP contribution is -2.17. The van der Waals surface area contributed by atoms with Crippen LogP contribution in [0.15, 0.2) is 12.1 Å². The van der Waals surface area contributed by atoms with Crippen LogP contribution in [0.2, 0.25) is 0 Å². The summed E-state index contributed by atoms with van der Waals surface area (Å²) in [5, 5.41) is 12.1. The van der Waals surface area contributed by atoms with Crippen molar-refractivity contribution in [3.63, 3.8) is 0 Å². The summed E-state index contributed by atoms with van der Waals surface area (Å²) in [6.45, 7) is 9.08. The van der Waals surface area contributed by atoms with Gasteiger partial charge in [0.15, 0.2) is 0 Å². The molecule has 17 heavy (non-hydrogen) atoms. The number of aromatic nitrogens is 1. The average Bonchev–Trinajstić information content (AvgIpc) is 2.24. The van der Waals surface area contributed by atoms with Gasteiger partial charge in [0.1, 0.15) is 5.82 Å². The Labute approximate surface area is 102 Å². The highest BCUT2D eigenvalue weighted by molar-refractivity contribution is 5.88. The molecule has 0 saturated carbocycles. The number of carbonyl (C=O) groups is 1. The van der Waals surface area contributed by atoms with E-state index in [0.717, 1.165) is 6.54 Å². The molecule has 0 aliphatic heterocycles. The van der Waals surface area contributed by atoms with Gasteiger partial charge in [0.25, 0.3) is 0 Å². The Kier molecular flexibility index (Phi) is 4.49. The summed E-state index contributed by atoms with van der Waals surface area (Å²) < 4.78 is 0. The largest absolute Gasteiger partial charge is 0.478 e. The number of nitrogens with zero attached hydrogens (tertiary/aromatic N) is 1. The van der Waals surface area contributed by atoms with E-state index in [1.54, 1.807) is 19.1 Å². The molecule has 4 heteroatoms. The van der Waals surface area contributed by atoms with E-state index in [1.807, 2.05) is 0 Å². The third-order valence-corrected chi connectivity index (χ3v) is 2.94. The van der Waals surface area contributed by atoms with Gasteiger partial charge in [-0.2, -0.15) is 0 Å². The molecule has 1 aromatic heterocycles. The van der Waals surface area contributed by atoms with Crippen LogP contribution >= 0.6 is 0 Å². The number of hydrogen-bond donors (Lipinski definition) is 2. The van der Waals surface area contributed by atoms with E-state index in [-0.39, 0.29) is 5.56 Å². The Hall–Kier alpha value is -1.58. The highest BCUT2D eigenvalue weighted by atomic mass is 16.4. The molecule has 1 aromatic rings. The number of aromatic carboxylic acids is 1. The predicted molar refractivity (Wildman–Crippen MR) is 68.4 cm³/mol. The molecule has 0 amide bonds. The molecule has 1 atom stereocenters. The maximum absolute atomic E-state index is 10.9. The Balaban J connectivity index is 2.74. The van der Waals surface area contributed by atoms with Crippen molar-refractivity contribution in [1.82, 2.24) is 4.98 Å². The van der Waals surface area contributed by atoms with Crippen molar-refractivity contribution in [3.05, 3.63) is 23.4 Å². The van der Waals surface area contributed by atoms with Gasteiger partial charge in [-0.3, -0.25) is 0 Å². The summed E-state index contributed by atoms with van der Waals surface area (Å²) in [6, 6.07) is 3.14. The quantitative estimate of drug-likeness (QED) is 0.825.